The summed E-state index contributed by atoms with van der Waals surface area (Å²) in [6, 6.07) is 8.31. The Labute approximate surface area is 180 Å². The first-order chi connectivity index (χ1) is 14.9. The van der Waals surface area contributed by atoms with Crippen LogP contribution < -0.4 is 10.3 Å². The first kappa shape index (κ1) is 19.8. The molecule has 0 unspecified atom stereocenters. The maximum absolute atomic E-state index is 12.7. The van der Waals surface area contributed by atoms with Crippen LogP contribution in [0.2, 0.25) is 0 Å². The summed E-state index contributed by atoms with van der Waals surface area (Å²) in [5, 5.41) is 10.1. The third kappa shape index (κ3) is 3.42. The molecular weight excluding hydrogens is 442 g/mol. The number of esters is 1. The summed E-state index contributed by atoms with van der Waals surface area (Å²) < 4.78 is 36.0. The number of rotatable bonds is 6. The van der Waals surface area contributed by atoms with E-state index in [-0.39, 0.29) is 28.0 Å². The summed E-state index contributed by atoms with van der Waals surface area (Å²) >= 11 is 0.998. The fourth-order valence-corrected chi connectivity index (χ4v) is 5.94. The molecule has 1 N–H and O–H groups in total. The maximum Gasteiger partial charge on any atom is 0.350 e. The SMILES string of the molecule is Cn1c(=O)c2ccccc2n2c(COC(=O)c3sccc3S(=O)(=O)NC3CC3)nnc12. The molecule has 160 valence electrons. The molecule has 0 saturated heterocycles. The van der Waals surface area contributed by atoms with Crippen molar-refractivity contribution in [2.45, 2.75) is 30.4 Å². The molecule has 4 aromatic rings. The third-order valence-corrected chi connectivity index (χ3v) is 7.62. The quantitative estimate of drug-likeness (QED) is 0.433. The van der Waals surface area contributed by atoms with Crippen molar-refractivity contribution in [1.82, 2.24) is 23.9 Å². The second-order valence-corrected chi connectivity index (χ2v) is 9.82. The lowest BCUT2D eigenvalue weighted by Gasteiger charge is -2.09. The van der Waals surface area contributed by atoms with Crippen LogP contribution in [0.4, 0.5) is 0 Å². The molecule has 31 heavy (non-hydrogen) atoms. The predicted octanol–water partition coefficient (Wildman–Crippen LogP) is 1.44. The molecule has 0 amide bonds. The monoisotopic (exact) mass is 459 g/mol. The minimum atomic E-state index is -3.79. The lowest BCUT2D eigenvalue weighted by atomic mass is 10.2. The van der Waals surface area contributed by atoms with Crippen molar-refractivity contribution in [3.05, 3.63) is 56.8 Å². The van der Waals surface area contributed by atoms with E-state index in [1.807, 2.05) is 0 Å². The van der Waals surface area contributed by atoms with Gasteiger partial charge in [0.25, 0.3) is 5.56 Å². The zero-order valence-electron chi connectivity index (χ0n) is 16.3. The average Bonchev–Trinajstić information content (AvgIpc) is 3.25. The highest BCUT2D eigenvalue weighted by molar-refractivity contribution is 7.89. The Bertz CT molecular complexity index is 1500. The van der Waals surface area contributed by atoms with Gasteiger partial charge in [-0.3, -0.25) is 13.8 Å². The summed E-state index contributed by atoms with van der Waals surface area (Å²) in [5.74, 6) is -0.146. The van der Waals surface area contributed by atoms with E-state index in [4.69, 9.17) is 4.74 Å². The van der Waals surface area contributed by atoms with E-state index in [9.17, 15) is 18.0 Å². The third-order valence-electron chi connectivity index (χ3n) is 5.03. The molecule has 5 rings (SSSR count). The number of benzene rings is 1. The Kier molecular flexibility index (Phi) is 4.64. The van der Waals surface area contributed by atoms with E-state index in [1.54, 1.807) is 35.7 Å². The van der Waals surface area contributed by atoms with Crippen molar-refractivity contribution in [2.75, 3.05) is 0 Å². The number of ether oxygens (including phenoxy) is 1. The van der Waals surface area contributed by atoms with E-state index in [2.05, 4.69) is 14.9 Å². The predicted molar refractivity (Wildman–Crippen MR) is 113 cm³/mol. The van der Waals surface area contributed by atoms with E-state index in [1.165, 1.54) is 16.0 Å². The lowest BCUT2D eigenvalue weighted by Crippen LogP contribution is -2.26. The van der Waals surface area contributed by atoms with Gasteiger partial charge in [-0.05, 0) is 36.4 Å². The number of thiophene rings is 1. The molecule has 1 fully saturated rings. The van der Waals surface area contributed by atoms with Crippen molar-refractivity contribution < 1.29 is 17.9 Å². The van der Waals surface area contributed by atoms with Crippen LogP contribution in [0.3, 0.4) is 0 Å². The van der Waals surface area contributed by atoms with Gasteiger partial charge in [0.1, 0.15) is 9.77 Å². The molecule has 0 atom stereocenters. The number of hydrogen-bond donors (Lipinski definition) is 1. The average molecular weight is 460 g/mol. The standard InChI is InChI=1S/C19H17N5O5S2/c1-23-17(25)12-4-2-3-5-13(12)24-15(20-21-19(23)24)10-29-18(26)16-14(8-9-30-16)31(27,28)22-11-6-7-11/h2-5,8-9,11,22H,6-7,10H2,1H3. The van der Waals surface area contributed by atoms with Crippen LogP contribution in [0.5, 0.6) is 0 Å². The van der Waals surface area contributed by atoms with Crippen LogP contribution in [0.25, 0.3) is 16.7 Å². The molecule has 10 nitrogen and oxygen atoms in total. The van der Waals surface area contributed by atoms with Gasteiger partial charge in [-0.1, -0.05) is 12.1 Å². The fourth-order valence-electron chi connectivity index (χ4n) is 3.32. The second kappa shape index (κ2) is 7.25. The molecule has 3 aromatic heterocycles. The van der Waals surface area contributed by atoms with Crippen molar-refractivity contribution in [3.8, 4) is 0 Å². The highest BCUT2D eigenvalue weighted by atomic mass is 32.2. The van der Waals surface area contributed by atoms with Crippen LogP contribution in [-0.2, 0) is 28.4 Å². The zero-order chi connectivity index (χ0) is 21.8. The van der Waals surface area contributed by atoms with Crippen molar-refractivity contribution in [1.29, 1.82) is 0 Å². The number of sulfonamides is 1. The Morgan fingerprint density at radius 1 is 1.26 bits per heavy atom. The summed E-state index contributed by atoms with van der Waals surface area (Å²) in [6.07, 6.45) is 1.58. The topological polar surface area (TPSA) is 125 Å². The van der Waals surface area contributed by atoms with E-state index < -0.39 is 16.0 Å². The van der Waals surface area contributed by atoms with Crippen LogP contribution in [0.1, 0.15) is 28.3 Å². The Balaban J connectivity index is 1.46. The number of nitrogens with zero attached hydrogens (tertiary/aromatic N) is 4. The fraction of sp³-hybridized carbons (Fsp3) is 0.263. The molecule has 1 aliphatic carbocycles. The van der Waals surface area contributed by atoms with Gasteiger partial charge in [-0.15, -0.1) is 21.5 Å². The molecule has 0 bridgehead atoms. The largest absolute Gasteiger partial charge is 0.453 e. The molecule has 1 aliphatic rings. The molecular formula is C19H17N5O5S2. The van der Waals surface area contributed by atoms with E-state index >= 15 is 0 Å². The van der Waals surface area contributed by atoms with Crippen LogP contribution >= 0.6 is 11.3 Å². The van der Waals surface area contributed by atoms with Gasteiger partial charge in [0.05, 0.1) is 10.9 Å². The Morgan fingerprint density at radius 3 is 2.81 bits per heavy atom. The number of carbonyl (C=O) groups is 1. The summed E-state index contributed by atoms with van der Waals surface area (Å²) in [5.41, 5.74) is 0.375. The van der Waals surface area contributed by atoms with E-state index in [0.717, 1.165) is 24.2 Å². The van der Waals surface area contributed by atoms with Crippen molar-refractivity contribution in [3.63, 3.8) is 0 Å². The second-order valence-electron chi connectivity index (χ2n) is 7.22. The van der Waals surface area contributed by atoms with Gasteiger partial charge in [-0.25, -0.2) is 17.9 Å². The number of aryl methyl sites for hydroxylation is 1. The molecule has 1 aromatic carbocycles. The molecule has 0 aliphatic heterocycles. The first-order valence-electron chi connectivity index (χ1n) is 9.45. The molecule has 0 radical (unpaired) electrons. The van der Waals surface area contributed by atoms with Gasteiger partial charge >= 0.3 is 5.97 Å². The van der Waals surface area contributed by atoms with Crippen molar-refractivity contribution in [2.24, 2.45) is 7.05 Å². The van der Waals surface area contributed by atoms with Crippen LogP contribution in [0, 0.1) is 0 Å². The number of para-hydroxylation sites is 1. The molecule has 3 heterocycles. The number of fused-ring (bicyclic) bond motifs is 3. The molecule has 0 spiro atoms. The maximum atomic E-state index is 12.7. The minimum Gasteiger partial charge on any atom is -0.453 e. The zero-order valence-corrected chi connectivity index (χ0v) is 17.9. The number of aromatic nitrogens is 4. The smallest absolute Gasteiger partial charge is 0.350 e. The van der Waals surface area contributed by atoms with Crippen molar-refractivity contribution >= 4 is 44.0 Å². The highest BCUT2D eigenvalue weighted by Gasteiger charge is 2.32. The Hall–Kier alpha value is -3.09. The number of carbonyl (C=O) groups excluding carboxylic acids is 1. The van der Waals surface area contributed by atoms with Gasteiger partial charge in [0.15, 0.2) is 12.4 Å². The van der Waals surface area contributed by atoms with Gasteiger partial charge < -0.3 is 4.74 Å². The normalized spacial score (nSPS) is 14.4. The molecule has 1 saturated carbocycles. The van der Waals surface area contributed by atoms with E-state index in [0.29, 0.717) is 22.5 Å². The highest BCUT2D eigenvalue weighted by Crippen LogP contribution is 2.27. The first-order valence-corrected chi connectivity index (χ1v) is 11.8. The van der Waals surface area contributed by atoms with Crippen LogP contribution in [0.15, 0.2) is 45.4 Å². The number of hydrogen-bond acceptors (Lipinski definition) is 8. The Morgan fingerprint density at radius 2 is 2.03 bits per heavy atom. The minimum absolute atomic E-state index is 0.000714. The summed E-state index contributed by atoms with van der Waals surface area (Å²) in [7, 11) is -2.20. The van der Waals surface area contributed by atoms with Gasteiger partial charge in [-0.2, -0.15) is 0 Å². The lowest BCUT2D eigenvalue weighted by molar-refractivity contribution is 0.0463. The summed E-state index contributed by atoms with van der Waals surface area (Å²) in [6.45, 7) is -0.240. The van der Waals surface area contributed by atoms with Gasteiger partial charge in [0.2, 0.25) is 15.8 Å². The molecule has 12 heteroatoms. The summed E-state index contributed by atoms with van der Waals surface area (Å²) in [4.78, 5) is 25.1. The van der Waals surface area contributed by atoms with Gasteiger partial charge in [0, 0.05) is 13.1 Å². The number of nitrogens with one attached hydrogen (secondary N) is 1. The van der Waals surface area contributed by atoms with Crippen LogP contribution in [-0.4, -0.2) is 39.6 Å².